The summed E-state index contributed by atoms with van der Waals surface area (Å²) in [7, 11) is 1.61. The predicted octanol–water partition coefficient (Wildman–Crippen LogP) is 3.25. The lowest BCUT2D eigenvalue weighted by molar-refractivity contribution is 0.0763. The van der Waals surface area contributed by atoms with Gasteiger partial charge in [0.2, 0.25) is 0 Å². The molecule has 2 aromatic carbocycles. The Labute approximate surface area is 177 Å². The minimum Gasteiger partial charge on any atom is -0.497 e. The lowest BCUT2D eigenvalue weighted by Gasteiger charge is -2.20. The quantitative estimate of drug-likeness (QED) is 0.663. The first-order valence-corrected chi connectivity index (χ1v) is 10.1. The second-order valence-corrected chi connectivity index (χ2v) is 6.77. The summed E-state index contributed by atoms with van der Waals surface area (Å²) in [4.78, 5) is 38.4. The van der Waals surface area contributed by atoms with Gasteiger partial charge in [-0.3, -0.25) is 14.9 Å². The van der Waals surface area contributed by atoms with Gasteiger partial charge in [0.1, 0.15) is 5.75 Å². The third-order valence-corrected chi connectivity index (χ3v) is 4.64. The molecule has 0 heterocycles. The second kappa shape index (κ2) is 11.6. The number of ether oxygens (including phenoxy) is 1. The maximum absolute atomic E-state index is 12.5. The van der Waals surface area contributed by atoms with Gasteiger partial charge < -0.3 is 15.0 Å². The van der Waals surface area contributed by atoms with E-state index in [4.69, 9.17) is 4.74 Å². The summed E-state index contributed by atoms with van der Waals surface area (Å²) in [6.07, 6.45) is 1.52. The van der Waals surface area contributed by atoms with Crippen LogP contribution in [0, 0.1) is 0 Å². The number of benzene rings is 2. The molecule has 0 aliphatic rings. The number of hydrogen-bond acceptors (Lipinski definition) is 4. The van der Waals surface area contributed by atoms with Crippen LogP contribution < -0.4 is 15.4 Å². The van der Waals surface area contributed by atoms with Crippen LogP contribution in [0.25, 0.3) is 0 Å². The zero-order valence-electron chi connectivity index (χ0n) is 17.7. The SMILES string of the molecule is CCCN(CC)C(=O)c1ccc(C(=O)NC(=O)NCCc2ccc(OC)cc2)cc1. The van der Waals surface area contributed by atoms with E-state index in [1.54, 1.807) is 36.3 Å². The molecule has 0 aliphatic carbocycles. The van der Waals surface area contributed by atoms with Crippen LogP contribution in [0.1, 0.15) is 46.5 Å². The molecule has 0 aliphatic heterocycles. The zero-order valence-corrected chi connectivity index (χ0v) is 17.7. The van der Waals surface area contributed by atoms with Crippen molar-refractivity contribution in [2.45, 2.75) is 26.7 Å². The van der Waals surface area contributed by atoms with Gasteiger partial charge in [-0.2, -0.15) is 0 Å². The van der Waals surface area contributed by atoms with Gasteiger partial charge in [0, 0.05) is 30.8 Å². The average Bonchev–Trinajstić information content (AvgIpc) is 2.77. The molecule has 0 aromatic heterocycles. The molecular formula is C23H29N3O4. The van der Waals surface area contributed by atoms with Crippen LogP contribution in [0.5, 0.6) is 5.75 Å². The monoisotopic (exact) mass is 411 g/mol. The first-order valence-electron chi connectivity index (χ1n) is 10.1. The van der Waals surface area contributed by atoms with Gasteiger partial charge in [0.15, 0.2) is 0 Å². The van der Waals surface area contributed by atoms with E-state index in [1.165, 1.54) is 0 Å². The van der Waals surface area contributed by atoms with Crippen LogP contribution in [0.4, 0.5) is 4.79 Å². The smallest absolute Gasteiger partial charge is 0.321 e. The molecule has 160 valence electrons. The fourth-order valence-corrected chi connectivity index (χ4v) is 2.95. The van der Waals surface area contributed by atoms with E-state index in [-0.39, 0.29) is 5.91 Å². The van der Waals surface area contributed by atoms with Crippen molar-refractivity contribution in [1.82, 2.24) is 15.5 Å². The molecule has 0 fully saturated rings. The van der Waals surface area contributed by atoms with Gasteiger partial charge in [-0.25, -0.2) is 4.79 Å². The van der Waals surface area contributed by atoms with E-state index in [0.29, 0.717) is 37.2 Å². The number of rotatable bonds is 9. The number of urea groups is 1. The molecule has 7 heteroatoms. The Bertz CT molecular complexity index is 848. The Kier molecular flexibility index (Phi) is 8.87. The molecule has 2 aromatic rings. The number of carbonyl (C=O) groups excluding carboxylic acids is 3. The van der Waals surface area contributed by atoms with Gasteiger partial charge in [-0.15, -0.1) is 0 Å². The van der Waals surface area contributed by atoms with Gasteiger partial charge in [0.05, 0.1) is 7.11 Å². The van der Waals surface area contributed by atoms with Crippen molar-refractivity contribution in [3.05, 3.63) is 65.2 Å². The predicted molar refractivity (Wildman–Crippen MR) is 116 cm³/mol. The van der Waals surface area contributed by atoms with Crippen molar-refractivity contribution in [2.75, 3.05) is 26.7 Å². The van der Waals surface area contributed by atoms with Crippen molar-refractivity contribution in [2.24, 2.45) is 0 Å². The molecule has 0 spiro atoms. The van der Waals surface area contributed by atoms with Crippen molar-refractivity contribution >= 4 is 17.8 Å². The molecule has 2 N–H and O–H groups in total. The summed E-state index contributed by atoms with van der Waals surface area (Å²) in [6.45, 7) is 5.66. The van der Waals surface area contributed by atoms with Crippen LogP contribution >= 0.6 is 0 Å². The van der Waals surface area contributed by atoms with E-state index in [2.05, 4.69) is 10.6 Å². The van der Waals surface area contributed by atoms with Crippen LogP contribution in [-0.4, -0.2) is 49.5 Å². The number of nitrogens with zero attached hydrogens (tertiary/aromatic N) is 1. The third-order valence-electron chi connectivity index (χ3n) is 4.64. The molecular weight excluding hydrogens is 382 g/mol. The first kappa shape index (κ1) is 22.9. The lowest BCUT2D eigenvalue weighted by Crippen LogP contribution is -2.40. The number of hydrogen-bond donors (Lipinski definition) is 2. The number of nitrogens with one attached hydrogen (secondary N) is 2. The minimum atomic E-state index is -0.561. The fraction of sp³-hybridized carbons (Fsp3) is 0.348. The normalized spacial score (nSPS) is 10.2. The van der Waals surface area contributed by atoms with Gasteiger partial charge >= 0.3 is 6.03 Å². The van der Waals surface area contributed by atoms with E-state index in [9.17, 15) is 14.4 Å². The Morgan fingerprint density at radius 3 is 2.13 bits per heavy atom. The van der Waals surface area contributed by atoms with Crippen LogP contribution in [0.2, 0.25) is 0 Å². The maximum atomic E-state index is 12.5. The molecule has 0 saturated carbocycles. The van der Waals surface area contributed by atoms with Crippen molar-refractivity contribution < 1.29 is 19.1 Å². The molecule has 0 unspecified atom stereocenters. The summed E-state index contributed by atoms with van der Waals surface area (Å²) in [5.41, 5.74) is 1.88. The van der Waals surface area contributed by atoms with E-state index in [0.717, 1.165) is 17.7 Å². The summed E-state index contributed by atoms with van der Waals surface area (Å²) < 4.78 is 5.11. The lowest BCUT2D eigenvalue weighted by atomic mass is 10.1. The highest BCUT2D eigenvalue weighted by atomic mass is 16.5. The Morgan fingerprint density at radius 1 is 0.933 bits per heavy atom. The topological polar surface area (TPSA) is 87.7 Å². The molecule has 0 atom stereocenters. The molecule has 0 radical (unpaired) electrons. The average molecular weight is 412 g/mol. The van der Waals surface area contributed by atoms with Crippen molar-refractivity contribution in [1.29, 1.82) is 0 Å². The maximum Gasteiger partial charge on any atom is 0.321 e. The Hall–Kier alpha value is -3.35. The highest BCUT2D eigenvalue weighted by Gasteiger charge is 2.15. The van der Waals surface area contributed by atoms with Crippen molar-refractivity contribution in [3.63, 3.8) is 0 Å². The van der Waals surface area contributed by atoms with Crippen LogP contribution in [0.15, 0.2) is 48.5 Å². The number of amides is 4. The Morgan fingerprint density at radius 2 is 1.57 bits per heavy atom. The molecule has 7 nitrogen and oxygen atoms in total. The van der Waals surface area contributed by atoms with E-state index >= 15 is 0 Å². The molecule has 4 amide bonds. The van der Waals surface area contributed by atoms with Gasteiger partial charge in [0.25, 0.3) is 11.8 Å². The summed E-state index contributed by atoms with van der Waals surface area (Å²) >= 11 is 0. The van der Waals surface area contributed by atoms with Crippen LogP contribution in [0.3, 0.4) is 0 Å². The summed E-state index contributed by atoms with van der Waals surface area (Å²) in [5.74, 6) is 0.190. The van der Waals surface area contributed by atoms with Gasteiger partial charge in [-0.1, -0.05) is 19.1 Å². The second-order valence-electron chi connectivity index (χ2n) is 6.77. The number of imide groups is 1. The van der Waals surface area contributed by atoms with E-state index < -0.39 is 11.9 Å². The highest BCUT2D eigenvalue weighted by Crippen LogP contribution is 2.11. The summed E-state index contributed by atoms with van der Waals surface area (Å²) in [6, 6.07) is 13.3. The number of carbonyl (C=O) groups is 3. The summed E-state index contributed by atoms with van der Waals surface area (Å²) in [5, 5.41) is 4.96. The number of methoxy groups -OCH3 is 1. The molecule has 30 heavy (non-hydrogen) atoms. The highest BCUT2D eigenvalue weighted by molar-refractivity contribution is 6.04. The molecule has 0 bridgehead atoms. The molecule has 0 saturated heterocycles. The largest absolute Gasteiger partial charge is 0.497 e. The standard InChI is InChI=1S/C23H29N3O4/c1-4-16-26(5-2)22(28)19-10-8-18(9-11-19)21(27)25-23(29)24-15-14-17-6-12-20(30-3)13-7-17/h6-13H,4-5,14-16H2,1-3H3,(H2,24,25,27,29). The fourth-order valence-electron chi connectivity index (χ4n) is 2.95. The Balaban J connectivity index is 1.83. The first-order chi connectivity index (χ1) is 14.5. The van der Waals surface area contributed by atoms with Gasteiger partial charge in [-0.05, 0) is 61.7 Å². The third kappa shape index (κ3) is 6.62. The zero-order chi connectivity index (χ0) is 21.9. The van der Waals surface area contributed by atoms with E-state index in [1.807, 2.05) is 38.1 Å². The van der Waals surface area contributed by atoms with Crippen molar-refractivity contribution in [3.8, 4) is 5.75 Å². The van der Waals surface area contributed by atoms with Crippen LogP contribution in [-0.2, 0) is 6.42 Å². The minimum absolute atomic E-state index is 0.0671. The molecule has 2 rings (SSSR count).